The monoisotopic (exact) mass is 367 g/mol. The largest absolute Gasteiger partial charge is 0.497 e. The molecule has 2 atom stereocenters. The van der Waals surface area contributed by atoms with Gasteiger partial charge in [0.25, 0.3) is 0 Å². The van der Waals surface area contributed by atoms with Crippen molar-refractivity contribution >= 4 is 28.1 Å². The van der Waals surface area contributed by atoms with Gasteiger partial charge in [-0.15, -0.1) is 0 Å². The maximum absolute atomic E-state index is 5.29. The van der Waals surface area contributed by atoms with E-state index in [1.807, 2.05) is 18.2 Å². The van der Waals surface area contributed by atoms with Gasteiger partial charge in [0.05, 0.1) is 12.6 Å². The van der Waals surface area contributed by atoms with Crippen molar-refractivity contribution in [1.29, 1.82) is 0 Å². The Kier molecular flexibility index (Phi) is 5.37. The molecule has 0 saturated heterocycles. The van der Waals surface area contributed by atoms with E-state index in [0.717, 1.165) is 35.4 Å². The van der Waals surface area contributed by atoms with Crippen LogP contribution in [-0.2, 0) is 6.54 Å². The fourth-order valence-electron chi connectivity index (χ4n) is 3.68. The fourth-order valence-corrected chi connectivity index (χ4v) is 4.35. The van der Waals surface area contributed by atoms with E-state index in [0.29, 0.717) is 12.1 Å². The van der Waals surface area contributed by atoms with Crippen LogP contribution in [0.5, 0.6) is 5.75 Å². The van der Waals surface area contributed by atoms with Crippen LogP contribution in [-0.4, -0.2) is 24.2 Å². The first kappa shape index (κ1) is 17.3. The molecule has 2 heterocycles. The highest BCUT2D eigenvalue weighted by Gasteiger charge is 2.21. The lowest BCUT2D eigenvalue weighted by atomic mass is 9.91. The number of anilines is 1. The molecule has 0 spiro atoms. The molecule has 26 heavy (non-hydrogen) atoms. The zero-order valence-electron chi connectivity index (χ0n) is 15.1. The standard InChI is InChI=1S/C21H25N3OS/c1-25-19-6-7-20-16(11-19)5-8-21(24-20)23-18-4-2-3-17(12-18)22-13-15-9-10-26-14-15/h5-11,14,17-18,22H,2-4,12-13H2,1H3,(H,23,24)/t17-,18-/m0/s1. The number of ether oxygens (including phenoxy) is 1. The molecule has 4 nitrogen and oxygen atoms in total. The molecule has 2 N–H and O–H groups in total. The number of hydrogen-bond acceptors (Lipinski definition) is 5. The third-order valence-corrected chi connectivity index (χ3v) is 5.83. The first-order chi connectivity index (χ1) is 12.8. The van der Waals surface area contributed by atoms with Crippen molar-refractivity contribution < 1.29 is 4.74 Å². The topological polar surface area (TPSA) is 46.2 Å². The molecule has 136 valence electrons. The summed E-state index contributed by atoms with van der Waals surface area (Å²) in [5.74, 6) is 1.83. The summed E-state index contributed by atoms with van der Waals surface area (Å²) in [4.78, 5) is 4.77. The third-order valence-electron chi connectivity index (χ3n) is 5.10. The lowest BCUT2D eigenvalue weighted by Gasteiger charge is -2.30. The highest BCUT2D eigenvalue weighted by atomic mass is 32.1. The number of fused-ring (bicyclic) bond motifs is 1. The Morgan fingerprint density at radius 1 is 1.15 bits per heavy atom. The molecule has 0 amide bonds. The average Bonchev–Trinajstić information content (AvgIpc) is 3.20. The Morgan fingerprint density at radius 3 is 2.92 bits per heavy atom. The van der Waals surface area contributed by atoms with Crippen LogP contribution in [0, 0.1) is 0 Å². The van der Waals surface area contributed by atoms with E-state index in [-0.39, 0.29) is 0 Å². The minimum absolute atomic E-state index is 0.479. The van der Waals surface area contributed by atoms with E-state index in [9.17, 15) is 0 Å². The van der Waals surface area contributed by atoms with Crippen LogP contribution in [0.2, 0.25) is 0 Å². The molecule has 0 unspecified atom stereocenters. The smallest absolute Gasteiger partial charge is 0.126 e. The lowest BCUT2D eigenvalue weighted by molar-refractivity contribution is 0.350. The molecule has 0 bridgehead atoms. The van der Waals surface area contributed by atoms with Gasteiger partial charge < -0.3 is 15.4 Å². The Morgan fingerprint density at radius 2 is 2.08 bits per heavy atom. The Balaban J connectivity index is 1.37. The van der Waals surface area contributed by atoms with Gasteiger partial charge >= 0.3 is 0 Å². The van der Waals surface area contributed by atoms with Crippen molar-refractivity contribution in [3.63, 3.8) is 0 Å². The van der Waals surface area contributed by atoms with E-state index in [2.05, 4.69) is 39.6 Å². The summed E-state index contributed by atoms with van der Waals surface area (Å²) >= 11 is 1.76. The van der Waals surface area contributed by atoms with Crippen molar-refractivity contribution in [2.45, 2.75) is 44.3 Å². The zero-order chi connectivity index (χ0) is 17.8. The number of pyridine rings is 1. The maximum Gasteiger partial charge on any atom is 0.126 e. The summed E-state index contributed by atoms with van der Waals surface area (Å²) in [7, 11) is 1.69. The van der Waals surface area contributed by atoms with Crippen molar-refractivity contribution in [3.05, 3.63) is 52.7 Å². The molecule has 3 aromatic rings. The highest BCUT2D eigenvalue weighted by molar-refractivity contribution is 7.07. The summed E-state index contributed by atoms with van der Waals surface area (Å²) in [6, 6.07) is 13.4. The predicted molar refractivity (Wildman–Crippen MR) is 109 cm³/mol. The van der Waals surface area contributed by atoms with E-state index in [1.54, 1.807) is 18.4 Å². The van der Waals surface area contributed by atoms with Crippen molar-refractivity contribution in [2.24, 2.45) is 0 Å². The highest BCUT2D eigenvalue weighted by Crippen LogP contribution is 2.25. The van der Waals surface area contributed by atoms with Crippen LogP contribution in [0.3, 0.4) is 0 Å². The van der Waals surface area contributed by atoms with Crippen LogP contribution >= 0.6 is 11.3 Å². The van der Waals surface area contributed by atoms with Crippen molar-refractivity contribution in [2.75, 3.05) is 12.4 Å². The number of hydrogen-bond donors (Lipinski definition) is 2. The number of benzene rings is 1. The Labute approximate surface area is 158 Å². The van der Waals surface area contributed by atoms with E-state index < -0.39 is 0 Å². The second kappa shape index (κ2) is 8.06. The van der Waals surface area contributed by atoms with Crippen molar-refractivity contribution in [1.82, 2.24) is 10.3 Å². The van der Waals surface area contributed by atoms with Crippen molar-refractivity contribution in [3.8, 4) is 5.75 Å². The third kappa shape index (κ3) is 4.17. The van der Waals surface area contributed by atoms with Gasteiger partial charge in [0.15, 0.2) is 0 Å². The van der Waals surface area contributed by atoms with Gasteiger partial charge in [-0.25, -0.2) is 4.98 Å². The minimum Gasteiger partial charge on any atom is -0.497 e. The molecule has 5 heteroatoms. The summed E-state index contributed by atoms with van der Waals surface area (Å²) in [5, 5.41) is 12.8. The van der Waals surface area contributed by atoms with Gasteiger partial charge in [-0.3, -0.25) is 0 Å². The minimum atomic E-state index is 0.479. The lowest BCUT2D eigenvalue weighted by Crippen LogP contribution is -2.38. The number of rotatable bonds is 6. The van der Waals surface area contributed by atoms with Crippen LogP contribution in [0.4, 0.5) is 5.82 Å². The van der Waals surface area contributed by atoms with Gasteiger partial charge in [-0.2, -0.15) is 11.3 Å². The number of nitrogens with zero attached hydrogens (tertiary/aromatic N) is 1. The van der Waals surface area contributed by atoms with Gasteiger partial charge in [-0.1, -0.05) is 0 Å². The zero-order valence-corrected chi connectivity index (χ0v) is 15.9. The van der Waals surface area contributed by atoms with E-state index in [1.165, 1.54) is 24.8 Å². The quantitative estimate of drug-likeness (QED) is 0.656. The summed E-state index contributed by atoms with van der Waals surface area (Å²) < 4.78 is 5.29. The van der Waals surface area contributed by atoms with Gasteiger partial charge in [0.2, 0.25) is 0 Å². The average molecular weight is 368 g/mol. The van der Waals surface area contributed by atoms with Crippen LogP contribution < -0.4 is 15.4 Å². The number of thiophene rings is 1. The Bertz CT molecular complexity index is 850. The van der Waals surface area contributed by atoms with E-state index in [4.69, 9.17) is 9.72 Å². The van der Waals surface area contributed by atoms with Gasteiger partial charge in [-0.05, 0) is 78.4 Å². The number of nitrogens with one attached hydrogen (secondary N) is 2. The number of aromatic nitrogens is 1. The molecule has 1 saturated carbocycles. The second-order valence-electron chi connectivity index (χ2n) is 6.97. The molecular weight excluding hydrogens is 342 g/mol. The summed E-state index contributed by atoms with van der Waals surface area (Å²) in [6.45, 7) is 0.969. The first-order valence-corrected chi connectivity index (χ1v) is 10.2. The molecule has 0 aliphatic heterocycles. The van der Waals surface area contributed by atoms with Crippen LogP contribution in [0.1, 0.15) is 31.2 Å². The first-order valence-electron chi connectivity index (χ1n) is 9.26. The maximum atomic E-state index is 5.29. The van der Waals surface area contributed by atoms with Crippen LogP contribution in [0.25, 0.3) is 10.9 Å². The molecule has 1 aliphatic rings. The Hall–Kier alpha value is -2.11. The summed E-state index contributed by atoms with van der Waals surface area (Å²) in [6.07, 6.45) is 4.86. The molecule has 4 rings (SSSR count). The second-order valence-corrected chi connectivity index (χ2v) is 7.75. The molecule has 1 aromatic carbocycles. The number of methoxy groups -OCH3 is 1. The summed E-state index contributed by atoms with van der Waals surface area (Å²) in [5.41, 5.74) is 2.38. The predicted octanol–water partition coefficient (Wildman–Crippen LogP) is 4.82. The molecule has 0 radical (unpaired) electrons. The molecular formula is C21H25N3OS. The normalized spacial score (nSPS) is 20.2. The van der Waals surface area contributed by atoms with E-state index >= 15 is 0 Å². The van der Waals surface area contributed by atoms with Gasteiger partial charge in [0, 0.05) is 24.0 Å². The van der Waals surface area contributed by atoms with Crippen LogP contribution in [0.15, 0.2) is 47.2 Å². The molecule has 2 aromatic heterocycles. The fraction of sp³-hybridized carbons (Fsp3) is 0.381. The SMILES string of the molecule is COc1ccc2nc(N[C@H]3CCC[C@H](NCc4ccsc4)C3)ccc2c1. The molecule has 1 aliphatic carbocycles. The molecule has 1 fully saturated rings. The van der Waals surface area contributed by atoms with Gasteiger partial charge in [0.1, 0.15) is 11.6 Å².